The summed E-state index contributed by atoms with van der Waals surface area (Å²) >= 11 is 0. The van der Waals surface area contributed by atoms with Crippen LogP contribution in [0.3, 0.4) is 0 Å². The van der Waals surface area contributed by atoms with Crippen LogP contribution in [0.15, 0.2) is 9.98 Å². The average molecular weight is 195 g/mol. The van der Waals surface area contributed by atoms with Crippen LogP contribution in [0, 0.1) is 0 Å². The normalized spacial score (nSPS) is 17.9. The van der Waals surface area contributed by atoms with Crippen LogP contribution in [0.2, 0.25) is 0 Å². The van der Waals surface area contributed by atoms with Crippen molar-refractivity contribution in [1.29, 1.82) is 0 Å². The van der Waals surface area contributed by atoms with Crippen LogP contribution in [0.4, 0.5) is 0 Å². The lowest BCUT2D eigenvalue weighted by Gasteiger charge is -2.25. The maximum absolute atomic E-state index is 4.15. The number of hydrogen-bond acceptors (Lipinski definition) is 3. The smallest absolute Gasteiger partial charge is 0.0895 e. The number of hydrogen-bond donors (Lipinski definition) is 0. The molecule has 1 aliphatic rings. The molecule has 0 N–H and O–H groups in total. The van der Waals surface area contributed by atoms with Gasteiger partial charge in [0, 0.05) is 6.54 Å². The van der Waals surface area contributed by atoms with Gasteiger partial charge in [0.05, 0.1) is 18.6 Å². The quantitative estimate of drug-likeness (QED) is 0.631. The maximum Gasteiger partial charge on any atom is 0.0895 e. The number of nitrogens with zero attached hydrogens (tertiary/aromatic N) is 3. The molecule has 0 amide bonds. The second-order valence-corrected chi connectivity index (χ2v) is 4.11. The molecule has 1 rings (SSSR count). The van der Waals surface area contributed by atoms with E-state index in [1.54, 1.807) is 0 Å². The first-order valence-corrected chi connectivity index (χ1v) is 5.63. The van der Waals surface area contributed by atoms with E-state index in [1.807, 2.05) is 13.8 Å². The molecule has 3 nitrogen and oxygen atoms in total. The highest BCUT2D eigenvalue weighted by Gasteiger charge is 2.08. The van der Waals surface area contributed by atoms with Crippen LogP contribution in [0.5, 0.6) is 0 Å². The minimum Gasteiger partial charge on any atom is -0.301 e. The lowest BCUT2D eigenvalue weighted by molar-refractivity contribution is 0.235. The molecular weight excluding hydrogens is 174 g/mol. The lowest BCUT2D eigenvalue weighted by Crippen LogP contribution is -2.31. The predicted molar refractivity (Wildman–Crippen MR) is 60.2 cm³/mol. The Labute approximate surface area is 86.9 Å². The van der Waals surface area contributed by atoms with E-state index in [0.29, 0.717) is 6.04 Å². The number of likely N-dealkylation sites (tertiary alicyclic amines) is 1. The SMILES string of the molecule is CC(C)N=C=NCCN1CCCCC1. The first kappa shape index (κ1) is 11.4. The zero-order valence-electron chi connectivity index (χ0n) is 9.37. The van der Waals surface area contributed by atoms with Crippen LogP contribution in [0.1, 0.15) is 33.1 Å². The monoisotopic (exact) mass is 195 g/mol. The van der Waals surface area contributed by atoms with Crippen LogP contribution in [-0.4, -0.2) is 43.1 Å². The minimum atomic E-state index is 0.314. The van der Waals surface area contributed by atoms with E-state index >= 15 is 0 Å². The highest BCUT2D eigenvalue weighted by atomic mass is 15.1. The lowest BCUT2D eigenvalue weighted by atomic mass is 10.1. The summed E-state index contributed by atoms with van der Waals surface area (Å²) in [6.45, 7) is 8.48. The van der Waals surface area contributed by atoms with Gasteiger partial charge in [-0.25, -0.2) is 9.98 Å². The van der Waals surface area contributed by atoms with Gasteiger partial charge < -0.3 is 4.90 Å². The molecule has 1 fully saturated rings. The van der Waals surface area contributed by atoms with Crippen molar-refractivity contribution in [2.45, 2.75) is 39.2 Å². The number of rotatable bonds is 4. The molecule has 14 heavy (non-hydrogen) atoms. The molecule has 80 valence electrons. The summed E-state index contributed by atoms with van der Waals surface area (Å²) in [5.41, 5.74) is 0. The molecule has 1 saturated heterocycles. The summed E-state index contributed by atoms with van der Waals surface area (Å²) in [5.74, 6) is 0. The Morgan fingerprint density at radius 1 is 1.21 bits per heavy atom. The molecule has 0 saturated carbocycles. The first-order valence-electron chi connectivity index (χ1n) is 5.63. The van der Waals surface area contributed by atoms with Gasteiger partial charge in [0.2, 0.25) is 0 Å². The van der Waals surface area contributed by atoms with Gasteiger partial charge in [0.25, 0.3) is 0 Å². The van der Waals surface area contributed by atoms with Gasteiger partial charge in [-0.2, -0.15) is 0 Å². The molecule has 0 aliphatic carbocycles. The van der Waals surface area contributed by atoms with Crippen molar-refractivity contribution in [1.82, 2.24) is 4.90 Å². The van der Waals surface area contributed by atoms with E-state index < -0.39 is 0 Å². The van der Waals surface area contributed by atoms with Crippen LogP contribution in [0.25, 0.3) is 0 Å². The largest absolute Gasteiger partial charge is 0.301 e. The Bertz CT molecular complexity index is 199. The summed E-state index contributed by atoms with van der Waals surface area (Å²) in [6.07, 6.45) is 4.10. The van der Waals surface area contributed by atoms with Crippen molar-refractivity contribution in [3.63, 3.8) is 0 Å². The molecule has 0 aromatic carbocycles. The Kier molecular flexibility index (Phi) is 5.50. The highest BCUT2D eigenvalue weighted by Crippen LogP contribution is 2.07. The third-order valence-electron chi connectivity index (χ3n) is 2.36. The molecule has 0 unspecified atom stereocenters. The van der Waals surface area contributed by atoms with Crippen LogP contribution in [-0.2, 0) is 0 Å². The molecule has 1 aliphatic heterocycles. The van der Waals surface area contributed by atoms with Gasteiger partial charge in [-0.1, -0.05) is 6.42 Å². The van der Waals surface area contributed by atoms with Gasteiger partial charge in [-0.15, -0.1) is 0 Å². The minimum absolute atomic E-state index is 0.314. The van der Waals surface area contributed by atoms with E-state index in [1.165, 1.54) is 32.4 Å². The summed E-state index contributed by atoms with van der Waals surface area (Å²) in [6, 6.07) is 3.06. The van der Waals surface area contributed by atoms with E-state index in [0.717, 1.165) is 13.1 Å². The fraction of sp³-hybridized carbons (Fsp3) is 0.909. The summed E-state index contributed by atoms with van der Waals surface area (Å²) in [4.78, 5) is 10.7. The molecule has 0 bridgehead atoms. The van der Waals surface area contributed by atoms with Crippen molar-refractivity contribution >= 4 is 6.01 Å². The van der Waals surface area contributed by atoms with E-state index in [-0.39, 0.29) is 0 Å². The second kappa shape index (κ2) is 6.74. The third kappa shape index (κ3) is 5.15. The van der Waals surface area contributed by atoms with Gasteiger partial charge >= 0.3 is 0 Å². The predicted octanol–water partition coefficient (Wildman–Crippen LogP) is 2.05. The Hall–Kier alpha value is -0.660. The van der Waals surface area contributed by atoms with Gasteiger partial charge in [0.1, 0.15) is 0 Å². The number of piperidine rings is 1. The zero-order valence-corrected chi connectivity index (χ0v) is 9.37. The van der Waals surface area contributed by atoms with Crippen LogP contribution >= 0.6 is 0 Å². The van der Waals surface area contributed by atoms with Gasteiger partial charge in [-0.05, 0) is 39.8 Å². The van der Waals surface area contributed by atoms with E-state index in [2.05, 4.69) is 20.9 Å². The molecule has 3 heteroatoms. The maximum atomic E-state index is 4.15. The Morgan fingerprint density at radius 2 is 1.93 bits per heavy atom. The van der Waals surface area contributed by atoms with Crippen LogP contribution < -0.4 is 0 Å². The Morgan fingerprint density at radius 3 is 2.57 bits per heavy atom. The van der Waals surface area contributed by atoms with Crippen molar-refractivity contribution in [2.24, 2.45) is 9.98 Å². The molecular formula is C11H21N3. The van der Waals surface area contributed by atoms with Crippen molar-refractivity contribution < 1.29 is 0 Å². The van der Waals surface area contributed by atoms with Crippen molar-refractivity contribution in [3.8, 4) is 0 Å². The standard InChI is InChI=1S/C11H21N3/c1-11(2)13-10-12-6-9-14-7-4-3-5-8-14/h11H,3-9H2,1-2H3. The van der Waals surface area contributed by atoms with Crippen molar-refractivity contribution in [2.75, 3.05) is 26.2 Å². The van der Waals surface area contributed by atoms with Gasteiger partial charge in [0.15, 0.2) is 0 Å². The fourth-order valence-electron chi connectivity index (χ4n) is 1.58. The second-order valence-electron chi connectivity index (χ2n) is 4.11. The zero-order chi connectivity index (χ0) is 10.2. The molecule has 1 heterocycles. The Balaban J connectivity index is 2.10. The number of aliphatic imine (C=N–C) groups is 2. The molecule has 0 aromatic heterocycles. The van der Waals surface area contributed by atoms with E-state index in [4.69, 9.17) is 0 Å². The summed E-state index contributed by atoms with van der Waals surface area (Å²) in [5, 5.41) is 0. The average Bonchev–Trinajstić information content (AvgIpc) is 2.18. The van der Waals surface area contributed by atoms with E-state index in [9.17, 15) is 0 Å². The van der Waals surface area contributed by atoms with Crippen molar-refractivity contribution in [3.05, 3.63) is 0 Å². The summed E-state index contributed by atoms with van der Waals surface area (Å²) in [7, 11) is 0. The summed E-state index contributed by atoms with van der Waals surface area (Å²) < 4.78 is 0. The first-order chi connectivity index (χ1) is 6.79. The fourth-order valence-corrected chi connectivity index (χ4v) is 1.58. The molecule has 0 spiro atoms. The molecule has 0 atom stereocenters. The molecule has 0 aromatic rings. The third-order valence-corrected chi connectivity index (χ3v) is 2.36. The topological polar surface area (TPSA) is 28.0 Å². The molecule has 0 radical (unpaired) electrons. The highest BCUT2D eigenvalue weighted by molar-refractivity contribution is 5.41. The van der Waals surface area contributed by atoms with Gasteiger partial charge in [-0.3, -0.25) is 0 Å².